The van der Waals surface area contributed by atoms with Crippen molar-refractivity contribution in [1.29, 1.82) is 0 Å². The molecule has 1 aromatic rings. The van der Waals surface area contributed by atoms with Crippen LogP contribution in [-0.4, -0.2) is 18.0 Å². The Hall–Kier alpha value is -1.37. The molecule has 1 aliphatic rings. The monoisotopic (exact) mass is 292 g/mol. The summed E-state index contributed by atoms with van der Waals surface area (Å²) in [6, 6.07) is 0.437. The molecule has 0 radical (unpaired) electrons. The van der Waals surface area contributed by atoms with E-state index in [1.807, 2.05) is 0 Å². The van der Waals surface area contributed by atoms with Gasteiger partial charge in [-0.1, -0.05) is 12.2 Å². The second-order valence-corrected chi connectivity index (χ2v) is 4.87. The molecule has 0 saturated carbocycles. The van der Waals surface area contributed by atoms with Gasteiger partial charge in [-0.25, -0.2) is 17.6 Å². The number of anilines is 1. The molecule has 104 valence electrons. The van der Waals surface area contributed by atoms with Crippen molar-refractivity contribution >= 4 is 22.9 Å². The largest absolute Gasteiger partial charge is 0.388 e. The molecule has 1 aliphatic heterocycles. The molecule has 1 saturated heterocycles. The van der Waals surface area contributed by atoms with Crippen molar-refractivity contribution in [3.8, 4) is 0 Å². The van der Waals surface area contributed by atoms with Crippen LogP contribution in [0.25, 0.3) is 0 Å². The van der Waals surface area contributed by atoms with E-state index < -0.39 is 35.6 Å². The normalized spacial score (nSPS) is 21.9. The lowest BCUT2D eigenvalue weighted by atomic mass is 9.92. The molecule has 1 fully saturated rings. The second-order valence-electron chi connectivity index (χ2n) is 4.37. The van der Waals surface area contributed by atoms with Crippen LogP contribution in [0.3, 0.4) is 0 Å². The van der Waals surface area contributed by atoms with Crippen LogP contribution in [0.2, 0.25) is 0 Å². The lowest BCUT2D eigenvalue weighted by molar-refractivity contribution is -0.0466. The van der Waals surface area contributed by atoms with Gasteiger partial charge in [-0.2, -0.15) is 0 Å². The zero-order valence-electron chi connectivity index (χ0n) is 10.1. The van der Waals surface area contributed by atoms with Crippen molar-refractivity contribution in [2.24, 2.45) is 0 Å². The number of halogens is 4. The first-order valence-electron chi connectivity index (χ1n) is 5.69. The van der Waals surface area contributed by atoms with E-state index in [4.69, 9.17) is 12.2 Å². The van der Waals surface area contributed by atoms with Gasteiger partial charge in [0.25, 0.3) is 5.92 Å². The fourth-order valence-electron chi connectivity index (χ4n) is 2.03. The molecule has 1 atom stereocenters. The van der Waals surface area contributed by atoms with E-state index in [1.54, 1.807) is 0 Å². The molecule has 1 unspecified atom stereocenters. The van der Waals surface area contributed by atoms with Gasteiger partial charge in [0.2, 0.25) is 0 Å². The van der Waals surface area contributed by atoms with Crippen molar-refractivity contribution in [1.82, 2.24) is 5.32 Å². The number of hydrogen-bond donors (Lipinski definition) is 2. The lowest BCUT2D eigenvalue weighted by Gasteiger charge is -2.34. The Labute approximate surface area is 113 Å². The average Bonchev–Trinajstić information content (AvgIpc) is 2.36. The van der Waals surface area contributed by atoms with Crippen LogP contribution in [0, 0.1) is 11.6 Å². The molecule has 7 heteroatoms. The number of nitrogens with one attached hydrogen (secondary N) is 2. The van der Waals surface area contributed by atoms with E-state index in [0.29, 0.717) is 0 Å². The van der Waals surface area contributed by atoms with Crippen molar-refractivity contribution in [3.05, 3.63) is 29.3 Å². The maximum absolute atomic E-state index is 13.8. The first-order chi connectivity index (χ1) is 8.85. The van der Waals surface area contributed by atoms with Gasteiger partial charge < -0.3 is 10.6 Å². The molecule has 0 amide bonds. The van der Waals surface area contributed by atoms with Gasteiger partial charge in [-0.15, -0.1) is 0 Å². The second kappa shape index (κ2) is 4.96. The summed E-state index contributed by atoms with van der Waals surface area (Å²) >= 11 is 4.85. The summed E-state index contributed by atoms with van der Waals surface area (Å²) in [7, 11) is 1.49. The van der Waals surface area contributed by atoms with Crippen molar-refractivity contribution in [2.75, 3.05) is 12.4 Å². The topological polar surface area (TPSA) is 24.1 Å². The average molecular weight is 292 g/mol. The third-order valence-electron chi connectivity index (χ3n) is 3.07. The SMILES string of the molecule is CNc1cc(F)c(F)c(C2NC(=S)CCC2(F)F)c1. The first-order valence-corrected chi connectivity index (χ1v) is 6.10. The summed E-state index contributed by atoms with van der Waals surface area (Å²) in [5, 5.41) is 4.99. The highest BCUT2D eigenvalue weighted by molar-refractivity contribution is 7.80. The van der Waals surface area contributed by atoms with Gasteiger partial charge in [0.1, 0.15) is 6.04 Å². The number of thiocarbonyl (C=S) groups is 1. The molecular formula is C12H12F4N2S. The molecule has 2 nitrogen and oxygen atoms in total. The number of benzene rings is 1. The van der Waals surface area contributed by atoms with Crippen LogP contribution in [0.4, 0.5) is 23.2 Å². The molecule has 1 aromatic carbocycles. The predicted molar refractivity (Wildman–Crippen MR) is 68.6 cm³/mol. The number of piperidine rings is 1. The zero-order valence-corrected chi connectivity index (χ0v) is 10.9. The standard InChI is InChI=1S/C12H12F4N2S/c1-17-6-4-7(10(14)8(13)5-6)11-12(15,16)3-2-9(19)18-11/h4-5,11,17H,2-3H2,1H3,(H,18,19). The molecule has 19 heavy (non-hydrogen) atoms. The Kier molecular flexibility index (Phi) is 3.66. The van der Waals surface area contributed by atoms with Crippen molar-refractivity contribution < 1.29 is 17.6 Å². The number of alkyl halides is 2. The van der Waals surface area contributed by atoms with Gasteiger partial charge in [0.05, 0.1) is 4.99 Å². The van der Waals surface area contributed by atoms with Crippen LogP contribution in [0.15, 0.2) is 12.1 Å². The number of hydrogen-bond acceptors (Lipinski definition) is 2. The minimum atomic E-state index is -3.18. The fraction of sp³-hybridized carbons (Fsp3) is 0.417. The van der Waals surface area contributed by atoms with Crippen LogP contribution in [0.1, 0.15) is 24.4 Å². The summed E-state index contributed by atoms with van der Waals surface area (Å²) in [6.07, 6.45) is -0.441. The van der Waals surface area contributed by atoms with Crippen LogP contribution in [0.5, 0.6) is 0 Å². The molecule has 0 bridgehead atoms. The van der Waals surface area contributed by atoms with Crippen molar-refractivity contribution in [2.45, 2.75) is 24.8 Å². The summed E-state index contributed by atoms with van der Waals surface area (Å²) in [5.74, 6) is -5.63. The van der Waals surface area contributed by atoms with E-state index in [1.165, 1.54) is 7.05 Å². The van der Waals surface area contributed by atoms with Gasteiger partial charge in [-0.05, 0) is 6.07 Å². The van der Waals surface area contributed by atoms with Gasteiger partial charge in [-0.3, -0.25) is 0 Å². The molecular weight excluding hydrogens is 280 g/mol. The van der Waals surface area contributed by atoms with Gasteiger partial charge in [0.15, 0.2) is 11.6 Å². The molecule has 0 aliphatic carbocycles. The highest BCUT2D eigenvalue weighted by Crippen LogP contribution is 2.40. The maximum Gasteiger partial charge on any atom is 0.272 e. The Morgan fingerprint density at radius 3 is 2.68 bits per heavy atom. The van der Waals surface area contributed by atoms with E-state index >= 15 is 0 Å². The molecule has 2 rings (SSSR count). The van der Waals surface area contributed by atoms with E-state index in [0.717, 1.165) is 12.1 Å². The molecule has 2 N–H and O–H groups in total. The van der Waals surface area contributed by atoms with E-state index in [9.17, 15) is 17.6 Å². The van der Waals surface area contributed by atoms with E-state index in [-0.39, 0.29) is 17.1 Å². The quantitative estimate of drug-likeness (QED) is 0.645. The predicted octanol–water partition coefficient (Wildman–Crippen LogP) is 3.39. The minimum absolute atomic E-state index is 0.0364. The lowest BCUT2D eigenvalue weighted by Crippen LogP contribution is -2.45. The van der Waals surface area contributed by atoms with E-state index in [2.05, 4.69) is 10.6 Å². The maximum atomic E-state index is 13.8. The van der Waals surface area contributed by atoms with Crippen LogP contribution in [-0.2, 0) is 0 Å². The zero-order chi connectivity index (χ0) is 14.2. The summed E-state index contributed by atoms with van der Waals surface area (Å²) < 4.78 is 54.9. The van der Waals surface area contributed by atoms with Gasteiger partial charge in [0, 0.05) is 37.2 Å². The molecule has 0 spiro atoms. The van der Waals surface area contributed by atoms with Gasteiger partial charge >= 0.3 is 0 Å². The third-order valence-corrected chi connectivity index (χ3v) is 3.39. The summed E-state index contributed by atoms with van der Waals surface area (Å²) in [4.78, 5) is 0.227. The smallest absolute Gasteiger partial charge is 0.272 e. The minimum Gasteiger partial charge on any atom is -0.388 e. The Morgan fingerprint density at radius 2 is 2.05 bits per heavy atom. The Morgan fingerprint density at radius 1 is 1.37 bits per heavy atom. The highest BCUT2D eigenvalue weighted by Gasteiger charge is 2.45. The third kappa shape index (κ3) is 2.65. The summed E-state index contributed by atoms with van der Waals surface area (Å²) in [6.45, 7) is 0. The first kappa shape index (κ1) is 14.0. The fourth-order valence-corrected chi connectivity index (χ4v) is 2.25. The Balaban J connectivity index is 2.49. The highest BCUT2D eigenvalue weighted by atomic mass is 32.1. The molecule has 1 heterocycles. The Bertz CT molecular complexity index is 519. The van der Waals surface area contributed by atoms with Crippen molar-refractivity contribution in [3.63, 3.8) is 0 Å². The summed E-state index contributed by atoms with van der Waals surface area (Å²) in [5.41, 5.74) is -0.195. The van der Waals surface area contributed by atoms with Crippen LogP contribution < -0.4 is 10.6 Å². The molecule has 0 aromatic heterocycles. The van der Waals surface area contributed by atoms with Crippen LogP contribution >= 0.6 is 12.2 Å². The number of rotatable bonds is 2.